The Bertz CT molecular complexity index is 754. The van der Waals surface area contributed by atoms with Crippen molar-refractivity contribution in [3.8, 4) is 10.6 Å². The van der Waals surface area contributed by atoms with Gasteiger partial charge >= 0.3 is 0 Å². The van der Waals surface area contributed by atoms with Gasteiger partial charge in [-0.05, 0) is 19.1 Å². The lowest BCUT2D eigenvalue weighted by atomic mass is 10.2. The van der Waals surface area contributed by atoms with Crippen molar-refractivity contribution < 1.29 is 4.79 Å². The molecular weight excluding hydrogens is 282 g/mol. The monoisotopic (exact) mass is 295 g/mol. The van der Waals surface area contributed by atoms with Gasteiger partial charge in [0, 0.05) is 11.8 Å². The first kappa shape index (κ1) is 13.5. The number of carbonyl (C=O) groups excluding carboxylic acids is 1. The molecule has 1 amide bonds. The van der Waals surface area contributed by atoms with Crippen molar-refractivity contribution in [1.29, 1.82) is 0 Å². The van der Waals surface area contributed by atoms with E-state index >= 15 is 0 Å². The number of rotatable bonds is 3. The van der Waals surface area contributed by atoms with E-state index in [4.69, 9.17) is 0 Å². The number of nitrogens with one attached hydrogen (secondary N) is 1. The molecule has 3 aromatic rings. The summed E-state index contributed by atoms with van der Waals surface area (Å²) in [5.41, 5.74) is 2.43. The molecule has 0 aliphatic rings. The first-order chi connectivity index (χ1) is 10.2. The van der Waals surface area contributed by atoms with E-state index in [0.29, 0.717) is 10.6 Å². The van der Waals surface area contributed by atoms with Crippen molar-refractivity contribution in [2.45, 2.75) is 6.92 Å². The van der Waals surface area contributed by atoms with Crippen LogP contribution in [-0.4, -0.2) is 15.9 Å². The highest BCUT2D eigenvalue weighted by molar-refractivity contribution is 7.17. The van der Waals surface area contributed by atoms with Gasteiger partial charge in [-0.3, -0.25) is 9.78 Å². The molecule has 0 aliphatic heterocycles. The zero-order chi connectivity index (χ0) is 14.7. The lowest BCUT2D eigenvalue weighted by Gasteiger charge is -2.02. The van der Waals surface area contributed by atoms with Gasteiger partial charge in [-0.1, -0.05) is 30.3 Å². The minimum absolute atomic E-state index is 0.153. The third-order valence-electron chi connectivity index (χ3n) is 2.94. The number of hydrogen-bond acceptors (Lipinski definition) is 4. The molecule has 1 N–H and O–H groups in total. The van der Waals surface area contributed by atoms with Crippen molar-refractivity contribution in [2.75, 3.05) is 5.32 Å². The molecule has 2 aromatic heterocycles. The van der Waals surface area contributed by atoms with Crippen LogP contribution in [0.15, 0.2) is 54.9 Å². The minimum Gasteiger partial charge on any atom is -0.320 e. The van der Waals surface area contributed by atoms with Gasteiger partial charge in [0.25, 0.3) is 5.91 Å². The van der Waals surface area contributed by atoms with Gasteiger partial charge in [0.15, 0.2) is 0 Å². The Labute approximate surface area is 126 Å². The molecule has 3 rings (SSSR count). The van der Waals surface area contributed by atoms with Crippen molar-refractivity contribution in [3.05, 3.63) is 65.4 Å². The number of aromatic nitrogens is 2. The Balaban J connectivity index is 1.86. The Morgan fingerprint density at radius 2 is 1.95 bits per heavy atom. The summed E-state index contributed by atoms with van der Waals surface area (Å²) in [7, 11) is 0. The van der Waals surface area contributed by atoms with Gasteiger partial charge in [0.05, 0.1) is 17.6 Å². The lowest BCUT2D eigenvalue weighted by molar-refractivity contribution is 0.103. The third kappa shape index (κ3) is 2.98. The molecule has 21 heavy (non-hydrogen) atoms. The highest BCUT2D eigenvalue weighted by Gasteiger charge is 2.16. The van der Waals surface area contributed by atoms with Crippen LogP contribution in [0.4, 0.5) is 5.69 Å². The zero-order valence-electron chi connectivity index (χ0n) is 11.4. The second kappa shape index (κ2) is 5.85. The third-order valence-corrected chi connectivity index (χ3v) is 4.15. The second-order valence-electron chi connectivity index (χ2n) is 4.50. The molecule has 2 heterocycles. The van der Waals surface area contributed by atoms with Crippen LogP contribution in [0, 0.1) is 6.92 Å². The Hall–Kier alpha value is -2.53. The van der Waals surface area contributed by atoms with Crippen LogP contribution < -0.4 is 5.32 Å². The number of nitrogens with zero attached hydrogens (tertiary/aromatic N) is 2. The molecule has 5 heteroatoms. The van der Waals surface area contributed by atoms with Gasteiger partial charge in [0.2, 0.25) is 0 Å². The highest BCUT2D eigenvalue weighted by atomic mass is 32.1. The summed E-state index contributed by atoms with van der Waals surface area (Å²) >= 11 is 1.40. The van der Waals surface area contributed by atoms with Crippen LogP contribution in [0.3, 0.4) is 0 Å². The van der Waals surface area contributed by atoms with E-state index in [0.717, 1.165) is 16.3 Å². The maximum absolute atomic E-state index is 12.3. The number of carbonyl (C=O) groups is 1. The number of anilines is 1. The SMILES string of the molecule is Cc1nc(-c2ccccc2)sc1C(=O)Nc1cccnc1. The number of aryl methyl sites for hydroxylation is 1. The molecule has 0 spiro atoms. The topological polar surface area (TPSA) is 54.9 Å². The highest BCUT2D eigenvalue weighted by Crippen LogP contribution is 2.28. The predicted octanol–water partition coefficient (Wildman–Crippen LogP) is 3.77. The molecular formula is C16H13N3OS. The van der Waals surface area contributed by atoms with Crippen LogP contribution in [0.5, 0.6) is 0 Å². The fourth-order valence-corrected chi connectivity index (χ4v) is 2.90. The van der Waals surface area contributed by atoms with Crippen molar-refractivity contribution in [3.63, 3.8) is 0 Å². The number of thiazole rings is 1. The van der Waals surface area contributed by atoms with E-state index < -0.39 is 0 Å². The normalized spacial score (nSPS) is 10.3. The average Bonchev–Trinajstić information content (AvgIpc) is 2.91. The standard InChI is InChI=1S/C16H13N3OS/c1-11-14(15(20)19-13-8-5-9-17-10-13)21-16(18-11)12-6-3-2-4-7-12/h2-10H,1H3,(H,19,20). The van der Waals surface area contributed by atoms with Crippen LogP contribution in [0.2, 0.25) is 0 Å². The molecule has 104 valence electrons. The summed E-state index contributed by atoms with van der Waals surface area (Å²) in [4.78, 5) is 21.4. The molecule has 0 unspecified atom stereocenters. The van der Waals surface area contributed by atoms with Gasteiger partial charge in [-0.25, -0.2) is 4.98 Å². The zero-order valence-corrected chi connectivity index (χ0v) is 12.2. The first-order valence-corrected chi connectivity index (χ1v) is 7.30. The molecule has 0 saturated carbocycles. The number of amides is 1. The quantitative estimate of drug-likeness (QED) is 0.800. The summed E-state index contributed by atoms with van der Waals surface area (Å²) < 4.78 is 0. The summed E-state index contributed by atoms with van der Waals surface area (Å²) in [5, 5.41) is 3.68. The van der Waals surface area contributed by atoms with E-state index in [1.807, 2.05) is 37.3 Å². The van der Waals surface area contributed by atoms with Crippen LogP contribution in [0.25, 0.3) is 10.6 Å². The molecule has 0 atom stereocenters. The fraction of sp³-hybridized carbons (Fsp3) is 0.0625. The Morgan fingerprint density at radius 3 is 2.67 bits per heavy atom. The van der Waals surface area contributed by atoms with Gasteiger partial charge in [-0.15, -0.1) is 11.3 Å². The lowest BCUT2D eigenvalue weighted by Crippen LogP contribution is -2.11. The molecule has 0 radical (unpaired) electrons. The molecule has 1 aromatic carbocycles. The maximum atomic E-state index is 12.3. The number of pyridine rings is 1. The van der Waals surface area contributed by atoms with Crippen LogP contribution in [0.1, 0.15) is 15.4 Å². The second-order valence-corrected chi connectivity index (χ2v) is 5.49. The number of benzene rings is 1. The maximum Gasteiger partial charge on any atom is 0.267 e. The van der Waals surface area contributed by atoms with Gasteiger partial charge in [-0.2, -0.15) is 0 Å². The van der Waals surface area contributed by atoms with Crippen molar-refractivity contribution in [2.24, 2.45) is 0 Å². The van der Waals surface area contributed by atoms with Gasteiger partial charge in [0.1, 0.15) is 9.88 Å². The van der Waals surface area contributed by atoms with E-state index in [2.05, 4.69) is 15.3 Å². The van der Waals surface area contributed by atoms with E-state index in [9.17, 15) is 4.79 Å². The largest absolute Gasteiger partial charge is 0.320 e. The summed E-state index contributed by atoms with van der Waals surface area (Å²) in [6, 6.07) is 13.4. The van der Waals surface area contributed by atoms with Crippen molar-refractivity contribution in [1.82, 2.24) is 9.97 Å². The summed E-state index contributed by atoms with van der Waals surface area (Å²) in [5.74, 6) is -0.153. The molecule has 0 fully saturated rings. The summed E-state index contributed by atoms with van der Waals surface area (Å²) in [6.45, 7) is 1.85. The average molecular weight is 295 g/mol. The summed E-state index contributed by atoms with van der Waals surface area (Å²) in [6.07, 6.45) is 3.29. The molecule has 0 aliphatic carbocycles. The minimum atomic E-state index is -0.153. The van der Waals surface area contributed by atoms with Crippen molar-refractivity contribution >= 4 is 22.9 Å². The fourth-order valence-electron chi connectivity index (χ4n) is 1.94. The molecule has 0 bridgehead atoms. The van der Waals surface area contributed by atoms with Crippen LogP contribution >= 0.6 is 11.3 Å². The van der Waals surface area contributed by atoms with Gasteiger partial charge < -0.3 is 5.32 Å². The van der Waals surface area contributed by atoms with E-state index in [1.165, 1.54) is 11.3 Å². The predicted molar refractivity (Wildman–Crippen MR) is 84.5 cm³/mol. The Kier molecular flexibility index (Phi) is 3.75. The molecule has 4 nitrogen and oxygen atoms in total. The first-order valence-electron chi connectivity index (χ1n) is 6.48. The molecule has 0 saturated heterocycles. The number of hydrogen-bond donors (Lipinski definition) is 1. The van der Waals surface area contributed by atoms with Crippen LogP contribution in [-0.2, 0) is 0 Å². The Morgan fingerprint density at radius 1 is 1.14 bits per heavy atom. The van der Waals surface area contributed by atoms with E-state index in [1.54, 1.807) is 24.5 Å². The van der Waals surface area contributed by atoms with E-state index in [-0.39, 0.29) is 5.91 Å². The smallest absolute Gasteiger partial charge is 0.267 e.